The number of nitrogens with zero attached hydrogens (tertiary/aromatic N) is 1. The molecule has 1 aliphatic heterocycles. The minimum Gasteiger partial charge on any atom is -0.478 e. The van der Waals surface area contributed by atoms with Gasteiger partial charge >= 0.3 is 5.97 Å². The van der Waals surface area contributed by atoms with Gasteiger partial charge in [-0.15, -0.1) is 0 Å². The number of benzene rings is 1. The van der Waals surface area contributed by atoms with Gasteiger partial charge in [0.1, 0.15) is 0 Å². The summed E-state index contributed by atoms with van der Waals surface area (Å²) in [6.45, 7) is 0.688. The van der Waals surface area contributed by atoms with Crippen LogP contribution in [0.4, 0.5) is 5.69 Å². The van der Waals surface area contributed by atoms with Gasteiger partial charge in [0.05, 0.1) is 5.56 Å². The Labute approximate surface area is 118 Å². The molecule has 106 valence electrons. The largest absolute Gasteiger partial charge is 0.478 e. The number of amides is 1. The van der Waals surface area contributed by atoms with Crippen LogP contribution in [0.1, 0.15) is 48.0 Å². The van der Waals surface area contributed by atoms with Crippen molar-refractivity contribution in [3.8, 4) is 0 Å². The molecule has 4 heteroatoms. The van der Waals surface area contributed by atoms with Crippen molar-refractivity contribution in [1.29, 1.82) is 0 Å². The van der Waals surface area contributed by atoms with Crippen molar-refractivity contribution in [2.45, 2.75) is 38.5 Å². The lowest BCUT2D eigenvalue weighted by Crippen LogP contribution is -2.35. The van der Waals surface area contributed by atoms with E-state index < -0.39 is 5.97 Å². The molecule has 1 amide bonds. The summed E-state index contributed by atoms with van der Waals surface area (Å²) in [7, 11) is 0. The van der Waals surface area contributed by atoms with Gasteiger partial charge in [-0.2, -0.15) is 0 Å². The third-order valence-electron chi connectivity index (χ3n) is 4.45. The molecular formula is C16H19NO3. The predicted octanol–water partition coefficient (Wildman–Crippen LogP) is 2.85. The van der Waals surface area contributed by atoms with E-state index in [9.17, 15) is 9.59 Å². The Bertz CT molecular complexity index is 547. The fourth-order valence-electron chi connectivity index (χ4n) is 3.31. The van der Waals surface area contributed by atoms with Gasteiger partial charge in [-0.25, -0.2) is 4.79 Å². The van der Waals surface area contributed by atoms with E-state index in [2.05, 4.69) is 0 Å². The quantitative estimate of drug-likeness (QED) is 0.901. The summed E-state index contributed by atoms with van der Waals surface area (Å²) < 4.78 is 0. The summed E-state index contributed by atoms with van der Waals surface area (Å²) in [6.07, 6.45) is 6.27. The molecule has 1 heterocycles. The average Bonchev–Trinajstić information content (AvgIpc) is 2.90. The number of carboxylic acids is 1. The molecule has 1 N–H and O–H groups in total. The molecule has 0 radical (unpaired) electrons. The van der Waals surface area contributed by atoms with Crippen LogP contribution in [0.3, 0.4) is 0 Å². The van der Waals surface area contributed by atoms with E-state index in [4.69, 9.17) is 5.11 Å². The van der Waals surface area contributed by atoms with Crippen LogP contribution in [0, 0.1) is 5.92 Å². The van der Waals surface area contributed by atoms with E-state index in [-0.39, 0.29) is 17.4 Å². The van der Waals surface area contributed by atoms with Crippen molar-refractivity contribution in [1.82, 2.24) is 0 Å². The zero-order valence-electron chi connectivity index (χ0n) is 11.5. The van der Waals surface area contributed by atoms with E-state index in [1.54, 1.807) is 17.0 Å². The lowest BCUT2D eigenvalue weighted by molar-refractivity contribution is -0.123. The van der Waals surface area contributed by atoms with Crippen molar-refractivity contribution < 1.29 is 14.7 Å². The number of anilines is 1. The highest BCUT2D eigenvalue weighted by molar-refractivity contribution is 5.99. The van der Waals surface area contributed by atoms with E-state index >= 15 is 0 Å². The molecule has 4 nitrogen and oxygen atoms in total. The molecule has 1 aromatic carbocycles. The minimum absolute atomic E-state index is 0.128. The maximum atomic E-state index is 12.6. The van der Waals surface area contributed by atoms with E-state index in [0.717, 1.165) is 43.4 Å². The van der Waals surface area contributed by atoms with Crippen LogP contribution < -0.4 is 4.90 Å². The van der Waals surface area contributed by atoms with E-state index in [0.29, 0.717) is 6.54 Å². The fraction of sp³-hybridized carbons (Fsp3) is 0.500. The number of fused-ring (bicyclic) bond motifs is 1. The van der Waals surface area contributed by atoms with Crippen molar-refractivity contribution in [3.63, 3.8) is 0 Å². The molecule has 3 rings (SSSR count). The summed E-state index contributed by atoms with van der Waals surface area (Å²) in [4.78, 5) is 25.5. The summed E-state index contributed by atoms with van der Waals surface area (Å²) in [6, 6.07) is 5.11. The molecular weight excluding hydrogens is 254 g/mol. The number of rotatable bonds is 2. The molecule has 0 unspecified atom stereocenters. The first-order chi connectivity index (χ1) is 9.66. The monoisotopic (exact) mass is 273 g/mol. The highest BCUT2D eigenvalue weighted by atomic mass is 16.4. The Morgan fingerprint density at radius 1 is 1.15 bits per heavy atom. The number of carbonyl (C=O) groups is 2. The third kappa shape index (κ3) is 2.30. The molecule has 20 heavy (non-hydrogen) atoms. The van der Waals surface area contributed by atoms with Gasteiger partial charge < -0.3 is 10.0 Å². The second kappa shape index (κ2) is 5.27. The first-order valence-electron chi connectivity index (χ1n) is 7.34. The van der Waals surface area contributed by atoms with Gasteiger partial charge in [-0.05, 0) is 37.0 Å². The second-order valence-electron chi connectivity index (χ2n) is 5.72. The van der Waals surface area contributed by atoms with Crippen molar-refractivity contribution in [2.24, 2.45) is 5.92 Å². The summed E-state index contributed by atoms with van der Waals surface area (Å²) in [5.41, 5.74) is 2.15. The molecule has 1 saturated carbocycles. The topological polar surface area (TPSA) is 57.6 Å². The lowest BCUT2D eigenvalue weighted by atomic mass is 9.88. The SMILES string of the molecule is O=C(O)c1ccc2c(c1)N(C(=O)C1CCCCC1)CC2. The van der Waals surface area contributed by atoms with Gasteiger partial charge in [0.15, 0.2) is 0 Å². The lowest BCUT2D eigenvalue weighted by Gasteiger charge is -2.26. The van der Waals surface area contributed by atoms with Gasteiger partial charge in [0.25, 0.3) is 0 Å². The number of carboxylic acid groups (broad SMARTS) is 1. The Kier molecular flexibility index (Phi) is 3.47. The molecule has 0 atom stereocenters. The van der Waals surface area contributed by atoms with Crippen LogP contribution in [0.5, 0.6) is 0 Å². The molecule has 1 fully saturated rings. The number of hydrogen-bond acceptors (Lipinski definition) is 2. The number of hydrogen-bond donors (Lipinski definition) is 1. The van der Waals surface area contributed by atoms with Gasteiger partial charge in [0, 0.05) is 18.2 Å². The van der Waals surface area contributed by atoms with Crippen LogP contribution in [0.15, 0.2) is 18.2 Å². The molecule has 2 aliphatic rings. The first kappa shape index (κ1) is 13.2. The molecule has 0 spiro atoms. The highest BCUT2D eigenvalue weighted by Crippen LogP contribution is 2.33. The van der Waals surface area contributed by atoms with Gasteiger partial charge in [-0.1, -0.05) is 25.3 Å². The Morgan fingerprint density at radius 2 is 1.90 bits per heavy atom. The zero-order chi connectivity index (χ0) is 14.1. The molecule has 0 aromatic heterocycles. The maximum absolute atomic E-state index is 12.6. The van der Waals surface area contributed by atoms with Crippen LogP contribution in [0.25, 0.3) is 0 Å². The highest BCUT2D eigenvalue weighted by Gasteiger charge is 2.31. The Hall–Kier alpha value is -1.84. The predicted molar refractivity (Wildman–Crippen MR) is 76.0 cm³/mol. The zero-order valence-corrected chi connectivity index (χ0v) is 11.5. The molecule has 0 bridgehead atoms. The summed E-state index contributed by atoms with van der Waals surface area (Å²) in [5.74, 6) is -0.626. The molecule has 0 saturated heterocycles. The summed E-state index contributed by atoms with van der Waals surface area (Å²) >= 11 is 0. The summed E-state index contributed by atoms with van der Waals surface area (Å²) in [5, 5.41) is 9.09. The average molecular weight is 273 g/mol. The van der Waals surface area contributed by atoms with Crippen molar-refractivity contribution in [3.05, 3.63) is 29.3 Å². The van der Waals surface area contributed by atoms with E-state index in [1.807, 2.05) is 6.07 Å². The van der Waals surface area contributed by atoms with E-state index in [1.165, 1.54) is 6.42 Å². The number of aromatic carboxylic acids is 1. The molecule has 1 aliphatic carbocycles. The van der Waals surface area contributed by atoms with Gasteiger partial charge in [-0.3, -0.25) is 4.79 Å². The smallest absolute Gasteiger partial charge is 0.335 e. The van der Waals surface area contributed by atoms with Crippen molar-refractivity contribution >= 4 is 17.6 Å². The third-order valence-corrected chi connectivity index (χ3v) is 4.45. The van der Waals surface area contributed by atoms with Crippen LogP contribution in [-0.4, -0.2) is 23.5 Å². The Balaban J connectivity index is 1.85. The van der Waals surface area contributed by atoms with Crippen LogP contribution in [-0.2, 0) is 11.2 Å². The normalized spacial score (nSPS) is 18.9. The first-order valence-corrected chi connectivity index (χ1v) is 7.34. The standard InChI is InChI=1S/C16H19NO3/c18-15(12-4-2-1-3-5-12)17-9-8-11-6-7-13(16(19)20)10-14(11)17/h6-7,10,12H,1-5,8-9H2,(H,19,20). The molecule has 1 aromatic rings. The number of carbonyl (C=O) groups excluding carboxylic acids is 1. The van der Waals surface area contributed by atoms with Crippen molar-refractivity contribution in [2.75, 3.05) is 11.4 Å². The fourth-order valence-corrected chi connectivity index (χ4v) is 3.31. The minimum atomic E-state index is -0.940. The van der Waals surface area contributed by atoms with Crippen LogP contribution in [0.2, 0.25) is 0 Å². The van der Waals surface area contributed by atoms with Crippen LogP contribution >= 0.6 is 0 Å². The second-order valence-corrected chi connectivity index (χ2v) is 5.72. The van der Waals surface area contributed by atoms with Gasteiger partial charge in [0.2, 0.25) is 5.91 Å². The maximum Gasteiger partial charge on any atom is 0.335 e. The Morgan fingerprint density at radius 3 is 2.60 bits per heavy atom.